The van der Waals surface area contributed by atoms with Crippen LogP contribution in [0.1, 0.15) is 13.3 Å². The molecule has 0 aliphatic rings. The highest BCUT2D eigenvalue weighted by Crippen LogP contribution is 1.70. The topological polar surface area (TPSA) is 50.4 Å². The van der Waals surface area contributed by atoms with Gasteiger partial charge in [-0.3, -0.25) is 4.79 Å². The van der Waals surface area contributed by atoms with Crippen molar-refractivity contribution in [1.29, 1.82) is 0 Å². The van der Waals surface area contributed by atoms with Crippen LogP contribution in [-0.2, 0) is 9.53 Å². The highest BCUT2D eigenvalue weighted by molar-refractivity contribution is 5.77. The summed E-state index contributed by atoms with van der Waals surface area (Å²) in [7, 11) is 1.61. The Bertz CT molecular complexity index is 106. The van der Waals surface area contributed by atoms with Gasteiger partial charge < -0.3 is 15.4 Å². The van der Waals surface area contributed by atoms with Crippen molar-refractivity contribution in [1.82, 2.24) is 10.6 Å². The quantitative estimate of drug-likeness (QED) is 0.523. The van der Waals surface area contributed by atoms with E-state index in [-0.39, 0.29) is 5.91 Å². The Kier molecular flexibility index (Phi) is 8.05. The number of carbonyl (C=O) groups excluding carboxylic acids is 1. The molecule has 4 heteroatoms. The zero-order valence-corrected chi connectivity index (χ0v) is 7.85. The van der Waals surface area contributed by atoms with E-state index in [4.69, 9.17) is 4.74 Å². The molecule has 0 aromatic heterocycles. The van der Waals surface area contributed by atoms with Crippen molar-refractivity contribution in [3.63, 3.8) is 0 Å². The Balaban J connectivity index is 3.10. The minimum atomic E-state index is 0.0282. The molecular weight excluding hydrogens is 156 g/mol. The average Bonchev–Trinajstić information content (AvgIpc) is 2.06. The van der Waals surface area contributed by atoms with Crippen molar-refractivity contribution in [3.05, 3.63) is 0 Å². The van der Waals surface area contributed by atoms with E-state index in [1.807, 2.05) is 0 Å². The molecular formula is C8H18N2O2. The summed E-state index contributed by atoms with van der Waals surface area (Å²) in [5, 5.41) is 5.72. The van der Waals surface area contributed by atoms with Crippen LogP contribution in [0.3, 0.4) is 0 Å². The van der Waals surface area contributed by atoms with Gasteiger partial charge in [-0.2, -0.15) is 0 Å². The van der Waals surface area contributed by atoms with Crippen molar-refractivity contribution >= 4 is 5.91 Å². The molecule has 0 radical (unpaired) electrons. The summed E-state index contributed by atoms with van der Waals surface area (Å²) in [6.45, 7) is 4.51. The fraction of sp³-hybridized carbons (Fsp3) is 0.875. The van der Waals surface area contributed by atoms with Gasteiger partial charge in [0.15, 0.2) is 0 Å². The highest BCUT2D eigenvalue weighted by atomic mass is 16.5. The lowest BCUT2D eigenvalue weighted by Gasteiger charge is -2.04. The van der Waals surface area contributed by atoms with Crippen LogP contribution in [0, 0.1) is 0 Å². The molecule has 0 bridgehead atoms. The van der Waals surface area contributed by atoms with E-state index in [1.165, 1.54) is 0 Å². The Labute approximate surface area is 73.7 Å². The Morgan fingerprint density at radius 1 is 1.42 bits per heavy atom. The molecule has 0 saturated heterocycles. The maximum atomic E-state index is 11.0. The zero-order valence-electron chi connectivity index (χ0n) is 7.85. The maximum Gasteiger partial charge on any atom is 0.234 e. The number of amides is 1. The molecule has 2 N–H and O–H groups in total. The summed E-state index contributed by atoms with van der Waals surface area (Å²) < 4.78 is 4.78. The molecule has 12 heavy (non-hydrogen) atoms. The third-order valence-corrected chi connectivity index (χ3v) is 1.34. The minimum absolute atomic E-state index is 0.0282. The number of carbonyl (C=O) groups is 1. The van der Waals surface area contributed by atoms with Crippen LogP contribution < -0.4 is 10.6 Å². The number of rotatable bonds is 7. The van der Waals surface area contributed by atoms with Crippen LogP contribution in [-0.4, -0.2) is 39.3 Å². The van der Waals surface area contributed by atoms with E-state index in [0.29, 0.717) is 19.7 Å². The van der Waals surface area contributed by atoms with Crippen molar-refractivity contribution in [2.75, 3.05) is 33.4 Å². The summed E-state index contributed by atoms with van der Waals surface area (Å²) in [4.78, 5) is 11.0. The lowest BCUT2D eigenvalue weighted by atomic mass is 10.4. The number of nitrogens with one attached hydrogen (secondary N) is 2. The van der Waals surface area contributed by atoms with E-state index in [9.17, 15) is 4.79 Å². The van der Waals surface area contributed by atoms with Crippen LogP contribution in [0.15, 0.2) is 0 Å². The van der Waals surface area contributed by atoms with E-state index < -0.39 is 0 Å². The number of hydrogen-bond donors (Lipinski definition) is 2. The van der Waals surface area contributed by atoms with Gasteiger partial charge in [0, 0.05) is 13.7 Å². The van der Waals surface area contributed by atoms with Gasteiger partial charge in [0.25, 0.3) is 0 Å². The summed E-state index contributed by atoms with van der Waals surface area (Å²) in [5.74, 6) is 0.0282. The number of methoxy groups -OCH3 is 1. The van der Waals surface area contributed by atoms with Gasteiger partial charge >= 0.3 is 0 Å². The minimum Gasteiger partial charge on any atom is -0.383 e. The molecule has 1 amide bonds. The van der Waals surface area contributed by atoms with Gasteiger partial charge in [0.2, 0.25) is 5.91 Å². The van der Waals surface area contributed by atoms with Crippen molar-refractivity contribution in [2.45, 2.75) is 13.3 Å². The first kappa shape index (κ1) is 11.4. The summed E-state index contributed by atoms with van der Waals surface area (Å²) in [5.41, 5.74) is 0. The molecule has 72 valence electrons. The van der Waals surface area contributed by atoms with Gasteiger partial charge in [0.05, 0.1) is 13.2 Å². The summed E-state index contributed by atoms with van der Waals surface area (Å²) >= 11 is 0. The highest BCUT2D eigenvalue weighted by Gasteiger charge is 1.97. The van der Waals surface area contributed by atoms with Gasteiger partial charge in [-0.05, 0) is 13.0 Å². The van der Waals surface area contributed by atoms with E-state index in [0.717, 1.165) is 13.0 Å². The average molecular weight is 174 g/mol. The Morgan fingerprint density at radius 3 is 2.75 bits per heavy atom. The molecule has 0 rings (SSSR count). The molecule has 0 fully saturated rings. The molecule has 0 unspecified atom stereocenters. The largest absolute Gasteiger partial charge is 0.383 e. The van der Waals surface area contributed by atoms with Crippen molar-refractivity contribution in [2.24, 2.45) is 0 Å². The Hall–Kier alpha value is -0.610. The first-order chi connectivity index (χ1) is 5.81. The number of ether oxygens (including phenoxy) is 1. The molecule has 0 spiro atoms. The van der Waals surface area contributed by atoms with Crippen LogP contribution in [0.5, 0.6) is 0 Å². The molecule has 0 heterocycles. The monoisotopic (exact) mass is 174 g/mol. The van der Waals surface area contributed by atoms with Crippen molar-refractivity contribution < 1.29 is 9.53 Å². The molecule has 0 aliphatic heterocycles. The molecule has 0 atom stereocenters. The molecule has 0 aliphatic carbocycles. The third-order valence-electron chi connectivity index (χ3n) is 1.34. The summed E-state index contributed by atoms with van der Waals surface area (Å²) in [6.07, 6.45) is 1.05. The standard InChI is InChI=1S/C8H18N2O2/c1-3-4-9-7-8(11)10-5-6-12-2/h9H,3-7H2,1-2H3,(H,10,11). The SMILES string of the molecule is CCCNCC(=O)NCCOC. The van der Waals surface area contributed by atoms with Gasteiger partial charge in [0.1, 0.15) is 0 Å². The normalized spacial score (nSPS) is 9.83. The molecule has 0 saturated carbocycles. The fourth-order valence-corrected chi connectivity index (χ4v) is 0.734. The molecule has 0 aromatic carbocycles. The molecule has 4 nitrogen and oxygen atoms in total. The Morgan fingerprint density at radius 2 is 2.17 bits per heavy atom. The van der Waals surface area contributed by atoms with Gasteiger partial charge in [-0.1, -0.05) is 6.92 Å². The first-order valence-electron chi connectivity index (χ1n) is 4.27. The second kappa shape index (κ2) is 8.49. The maximum absolute atomic E-state index is 11.0. The summed E-state index contributed by atoms with van der Waals surface area (Å²) in [6, 6.07) is 0. The van der Waals surface area contributed by atoms with Crippen LogP contribution in [0.4, 0.5) is 0 Å². The smallest absolute Gasteiger partial charge is 0.234 e. The fourth-order valence-electron chi connectivity index (χ4n) is 0.734. The van der Waals surface area contributed by atoms with Crippen LogP contribution in [0.2, 0.25) is 0 Å². The molecule has 0 aromatic rings. The zero-order chi connectivity index (χ0) is 9.23. The van der Waals surface area contributed by atoms with Gasteiger partial charge in [-0.15, -0.1) is 0 Å². The lowest BCUT2D eigenvalue weighted by Crippen LogP contribution is -2.35. The van der Waals surface area contributed by atoms with E-state index >= 15 is 0 Å². The van der Waals surface area contributed by atoms with Gasteiger partial charge in [-0.25, -0.2) is 0 Å². The second-order valence-corrected chi connectivity index (χ2v) is 2.52. The number of hydrogen-bond acceptors (Lipinski definition) is 3. The van der Waals surface area contributed by atoms with E-state index in [1.54, 1.807) is 7.11 Å². The van der Waals surface area contributed by atoms with Crippen LogP contribution >= 0.6 is 0 Å². The predicted octanol–water partition coefficient (Wildman–Crippen LogP) is -0.251. The van der Waals surface area contributed by atoms with Crippen LogP contribution in [0.25, 0.3) is 0 Å². The van der Waals surface area contributed by atoms with Crippen molar-refractivity contribution in [3.8, 4) is 0 Å². The predicted molar refractivity (Wildman–Crippen MR) is 48.0 cm³/mol. The van der Waals surface area contributed by atoms with E-state index in [2.05, 4.69) is 17.6 Å². The third kappa shape index (κ3) is 7.50. The first-order valence-corrected chi connectivity index (χ1v) is 4.27. The second-order valence-electron chi connectivity index (χ2n) is 2.52. The lowest BCUT2D eigenvalue weighted by molar-refractivity contribution is -0.120.